The van der Waals surface area contributed by atoms with E-state index in [1.54, 1.807) is 6.92 Å². The fourth-order valence-electron chi connectivity index (χ4n) is 2.69. The van der Waals surface area contributed by atoms with E-state index >= 15 is 0 Å². The van der Waals surface area contributed by atoms with Crippen LogP contribution in [0.4, 0.5) is 0 Å². The molecule has 6 heteroatoms. The van der Waals surface area contributed by atoms with Crippen LogP contribution >= 0.6 is 0 Å². The maximum Gasteiger partial charge on any atom is 0.326 e. The van der Waals surface area contributed by atoms with Crippen molar-refractivity contribution in [3.05, 3.63) is 17.0 Å². The van der Waals surface area contributed by atoms with Crippen molar-refractivity contribution < 1.29 is 19.2 Å². The van der Waals surface area contributed by atoms with Crippen LogP contribution in [0.25, 0.3) is 0 Å². The highest BCUT2D eigenvalue weighted by Gasteiger charge is 2.34. The Bertz CT molecular complexity index is 509. The predicted octanol–water partition coefficient (Wildman–Crippen LogP) is 2.01. The molecule has 1 aliphatic heterocycles. The fourth-order valence-corrected chi connectivity index (χ4v) is 2.69. The van der Waals surface area contributed by atoms with Gasteiger partial charge in [-0.25, -0.2) is 4.79 Å². The lowest BCUT2D eigenvalue weighted by atomic mass is 10.1. The first-order valence-corrected chi connectivity index (χ1v) is 7.05. The summed E-state index contributed by atoms with van der Waals surface area (Å²) in [6.07, 6.45) is 3.72. The number of carbonyl (C=O) groups is 2. The van der Waals surface area contributed by atoms with Gasteiger partial charge in [0.2, 0.25) is 0 Å². The van der Waals surface area contributed by atoms with Crippen LogP contribution in [0, 0.1) is 6.92 Å². The molecule has 0 radical (unpaired) electrons. The van der Waals surface area contributed by atoms with Crippen molar-refractivity contribution in [1.29, 1.82) is 0 Å². The summed E-state index contributed by atoms with van der Waals surface area (Å²) in [6, 6.07) is -0.746. The van der Waals surface area contributed by atoms with Crippen LogP contribution in [-0.4, -0.2) is 39.6 Å². The molecule has 1 atom stereocenters. The maximum atomic E-state index is 12.7. The van der Waals surface area contributed by atoms with Gasteiger partial charge in [-0.15, -0.1) is 0 Å². The van der Waals surface area contributed by atoms with Gasteiger partial charge in [-0.05, 0) is 26.2 Å². The number of rotatable bonds is 3. The Kier molecular flexibility index (Phi) is 4.42. The van der Waals surface area contributed by atoms with E-state index in [-0.39, 0.29) is 5.91 Å². The van der Waals surface area contributed by atoms with Crippen molar-refractivity contribution in [3.8, 4) is 0 Å². The molecule has 1 aromatic rings. The summed E-state index contributed by atoms with van der Waals surface area (Å²) in [6.45, 7) is 4.06. The van der Waals surface area contributed by atoms with Crippen molar-refractivity contribution in [2.75, 3.05) is 6.54 Å². The second kappa shape index (κ2) is 6.07. The van der Waals surface area contributed by atoms with E-state index in [9.17, 15) is 14.7 Å². The molecule has 110 valence electrons. The van der Waals surface area contributed by atoms with Crippen molar-refractivity contribution in [2.45, 2.75) is 52.0 Å². The minimum Gasteiger partial charge on any atom is -0.480 e. The number of carboxylic acid groups (broad SMARTS) is 1. The molecule has 0 bridgehead atoms. The van der Waals surface area contributed by atoms with Crippen LogP contribution < -0.4 is 0 Å². The number of hydrogen-bond donors (Lipinski definition) is 1. The number of aliphatic carboxylic acids is 1. The van der Waals surface area contributed by atoms with Gasteiger partial charge in [-0.2, -0.15) is 0 Å². The number of hydrogen-bond acceptors (Lipinski definition) is 4. The fraction of sp³-hybridized carbons (Fsp3) is 0.643. The molecule has 2 heterocycles. The standard InChI is InChI=1S/C14H20N2O4/c1-3-10-12(9(2)20-15-10)13(17)16-8-6-4-5-7-11(16)14(18)19/h11H,3-8H2,1-2H3,(H,18,19). The molecule has 0 spiro atoms. The minimum absolute atomic E-state index is 0.269. The van der Waals surface area contributed by atoms with Gasteiger partial charge >= 0.3 is 5.97 Å². The normalized spacial score (nSPS) is 19.7. The summed E-state index contributed by atoms with van der Waals surface area (Å²) in [5, 5.41) is 13.2. The Hall–Kier alpha value is -1.85. The zero-order chi connectivity index (χ0) is 14.7. The lowest BCUT2D eigenvalue weighted by molar-refractivity contribution is -0.142. The van der Waals surface area contributed by atoms with Gasteiger partial charge in [-0.3, -0.25) is 4.79 Å². The summed E-state index contributed by atoms with van der Waals surface area (Å²) < 4.78 is 5.08. The number of nitrogens with zero attached hydrogens (tertiary/aromatic N) is 2. The molecule has 1 aromatic heterocycles. The Morgan fingerprint density at radius 1 is 1.40 bits per heavy atom. The summed E-state index contributed by atoms with van der Waals surface area (Å²) in [5.41, 5.74) is 1.03. The molecule has 0 aliphatic carbocycles. The van der Waals surface area contributed by atoms with Gasteiger partial charge in [0.05, 0.1) is 5.69 Å². The van der Waals surface area contributed by atoms with Crippen LogP contribution in [0.3, 0.4) is 0 Å². The van der Waals surface area contributed by atoms with Crippen LogP contribution in [0.5, 0.6) is 0 Å². The second-order valence-corrected chi connectivity index (χ2v) is 5.12. The number of aromatic nitrogens is 1. The lowest BCUT2D eigenvalue weighted by Gasteiger charge is -2.26. The van der Waals surface area contributed by atoms with Gasteiger partial charge in [0.15, 0.2) is 0 Å². The van der Waals surface area contributed by atoms with Gasteiger partial charge in [0, 0.05) is 6.54 Å². The van der Waals surface area contributed by atoms with Gasteiger partial charge in [0.25, 0.3) is 5.91 Å². The third-order valence-electron chi connectivity index (χ3n) is 3.78. The van der Waals surface area contributed by atoms with E-state index in [2.05, 4.69) is 5.16 Å². The first-order chi connectivity index (χ1) is 9.56. The molecule has 1 N–H and O–H groups in total. The zero-order valence-electron chi connectivity index (χ0n) is 11.9. The average Bonchev–Trinajstić information content (AvgIpc) is 2.64. The zero-order valence-corrected chi connectivity index (χ0v) is 11.9. The predicted molar refractivity (Wildman–Crippen MR) is 71.5 cm³/mol. The molecule has 6 nitrogen and oxygen atoms in total. The number of carboxylic acids is 1. The van der Waals surface area contributed by atoms with Crippen LogP contribution in [-0.2, 0) is 11.2 Å². The molecule has 2 rings (SSSR count). The summed E-state index contributed by atoms with van der Waals surface area (Å²) in [4.78, 5) is 25.6. The Balaban J connectivity index is 2.33. The summed E-state index contributed by atoms with van der Waals surface area (Å²) in [5.74, 6) is -0.748. The SMILES string of the molecule is CCc1noc(C)c1C(=O)N1CCCCCC1C(=O)O. The van der Waals surface area contributed by atoms with E-state index in [1.165, 1.54) is 4.90 Å². The Morgan fingerprint density at radius 3 is 2.80 bits per heavy atom. The summed E-state index contributed by atoms with van der Waals surface area (Å²) >= 11 is 0. The number of carbonyl (C=O) groups excluding carboxylic acids is 1. The molecule has 0 saturated carbocycles. The van der Waals surface area contributed by atoms with Crippen LogP contribution in [0.15, 0.2) is 4.52 Å². The molecule has 1 aliphatic rings. The second-order valence-electron chi connectivity index (χ2n) is 5.12. The molecule has 1 amide bonds. The van der Waals surface area contributed by atoms with Crippen molar-refractivity contribution in [3.63, 3.8) is 0 Å². The third-order valence-corrected chi connectivity index (χ3v) is 3.78. The van der Waals surface area contributed by atoms with Crippen molar-refractivity contribution >= 4 is 11.9 Å². The topological polar surface area (TPSA) is 83.6 Å². The van der Waals surface area contributed by atoms with E-state index in [4.69, 9.17) is 4.52 Å². The molecule has 1 saturated heterocycles. The molecule has 20 heavy (non-hydrogen) atoms. The van der Waals surface area contributed by atoms with E-state index < -0.39 is 12.0 Å². The molecule has 0 aromatic carbocycles. The highest BCUT2D eigenvalue weighted by Crippen LogP contribution is 2.23. The van der Waals surface area contributed by atoms with E-state index in [1.807, 2.05) is 6.92 Å². The van der Waals surface area contributed by atoms with Crippen molar-refractivity contribution in [1.82, 2.24) is 10.1 Å². The smallest absolute Gasteiger partial charge is 0.326 e. The lowest BCUT2D eigenvalue weighted by Crippen LogP contribution is -2.45. The monoisotopic (exact) mass is 280 g/mol. The molecule has 1 fully saturated rings. The molecular formula is C14H20N2O4. The average molecular weight is 280 g/mol. The van der Waals surface area contributed by atoms with E-state index in [0.717, 1.165) is 19.3 Å². The summed E-state index contributed by atoms with van der Waals surface area (Å²) in [7, 11) is 0. The van der Waals surface area contributed by atoms with Gasteiger partial charge < -0.3 is 14.5 Å². The minimum atomic E-state index is -0.938. The van der Waals surface area contributed by atoms with Crippen molar-refractivity contribution in [2.24, 2.45) is 0 Å². The quantitative estimate of drug-likeness (QED) is 0.915. The van der Waals surface area contributed by atoms with E-state index in [0.29, 0.717) is 36.4 Å². The Labute approximate surface area is 117 Å². The number of likely N-dealkylation sites (tertiary alicyclic amines) is 1. The highest BCUT2D eigenvalue weighted by atomic mass is 16.5. The highest BCUT2D eigenvalue weighted by molar-refractivity contribution is 5.98. The molecule has 1 unspecified atom stereocenters. The van der Waals surface area contributed by atoms with Crippen LogP contribution in [0.1, 0.15) is 54.4 Å². The number of amides is 1. The number of aryl methyl sites for hydroxylation is 2. The van der Waals surface area contributed by atoms with Gasteiger partial charge in [-0.1, -0.05) is 24.9 Å². The Morgan fingerprint density at radius 2 is 2.15 bits per heavy atom. The molecular weight excluding hydrogens is 260 g/mol. The first-order valence-electron chi connectivity index (χ1n) is 7.05. The van der Waals surface area contributed by atoms with Gasteiger partial charge in [0.1, 0.15) is 17.4 Å². The maximum absolute atomic E-state index is 12.7. The largest absolute Gasteiger partial charge is 0.480 e. The third kappa shape index (κ3) is 2.69. The van der Waals surface area contributed by atoms with Crippen LogP contribution in [0.2, 0.25) is 0 Å². The first kappa shape index (κ1) is 14.6.